The number of benzene rings is 1. The molecule has 2 rings (SSSR count). The molecule has 0 heterocycles. The summed E-state index contributed by atoms with van der Waals surface area (Å²) < 4.78 is 5.63. The van der Waals surface area contributed by atoms with Crippen molar-refractivity contribution in [3.8, 4) is 11.8 Å². The number of aliphatic carboxylic acids is 1. The van der Waals surface area contributed by atoms with Gasteiger partial charge < -0.3 is 9.84 Å². The van der Waals surface area contributed by atoms with E-state index in [-0.39, 0.29) is 6.42 Å². The fourth-order valence-electron chi connectivity index (χ4n) is 2.01. The number of carboxylic acid groups (broad SMARTS) is 1. The van der Waals surface area contributed by atoms with E-state index in [2.05, 4.69) is 12.2 Å². The Labute approximate surface area is 117 Å². The highest BCUT2D eigenvalue weighted by Gasteiger charge is 2.08. The lowest BCUT2D eigenvalue weighted by molar-refractivity contribution is -0.136. The average Bonchev–Trinajstić information content (AvgIpc) is 2.46. The molecule has 0 aliphatic heterocycles. The second-order valence-corrected chi connectivity index (χ2v) is 4.55. The molecular formula is C16H15NO3. The van der Waals surface area contributed by atoms with E-state index in [1.54, 1.807) is 18.2 Å². The molecule has 4 nitrogen and oxygen atoms in total. The molecule has 1 aromatic rings. The number of ether oxygens (including phenoxy) is 1. The van der Waals surface area contributed by atoms with E-state index >= 15 is 0 Å². The number of carboxylic acids is 1. The first-order valence-corrected chi connectivity index (χ1v) is 6.42. The molecule has 0 saturated heterocycles. The van der Waals surface area contributed by atoms with Crippen molar-refractivity contribution < 1.29 is 14.6 Å². The highest BCUT2D eigenvalue weighted by Crippen LogP contribution is 2.19. The molecule has 0 radical (unpaired) electrons. The molecule has 0 aromatic heterocycles. The van der Waals surface area contributed by atoms with Crippen molar-refractivity contribution in [2.75, 3.05) is 6.61 Å². The molecule has 20 heavy (non-hydrogen) atoms. The minimum absolute atomic E-state index is 0.156. The molecule has 102 valence electrons. The van der Waals surface area contributed by atoms with Crippen LogP contribution in [-0.2, 0) is 11.2 Å². The molecule has 0 fully saturated rings. The largest absolute Gasteiger partial charge is 0.489 e. The third-order valence-electron chi connectivity index (χ3n) is 3.02. The maximum absolute atomic E-state index is 10.7. The van der Waals surface area contributed by atoms with E-state index in [9.17, 15) is 4.79 Å². The van der Waals surface area contributed by atoms with E-state index < -0.39 is 5.97 Å². The summed E-state index contributed by atoms with van der Waals surface area (Å²) >= 11 is 0. The van der Waals surface area contributed by atoms with Crippen LogP contribution < -0.4 is 4.74 Å². The molecule has 0 spiro atoms. The third kappa shape index (κ3) is 3.72. The van der Waals surface area contributed by atoms with E-state index in [1.807, 2.05) is 12.1 Å². The Hall–Kier alpha value is -2.54. The van der Waals surface area contributed by atoms with Gasteiger partial charge in [-0.3, -0.25) is 4.79 Å². The summed E-state index contributed by atoms with van der Waals surface area (Å²) in [5.41, 5.74) is 1.96. The van der Waals surface area contributed by atoms with E-state index in [1.165, 1.54) is 0 Å². The van der Waals surface area contributed by atoms with E-state index in [0.29, 0.717) is 23.5 Å². The van der Waals surface area contributed by atoms with Gasteiger partial charge in [-0.2, -0.15) is 5.26 Å². The highest BCUT2D eigenvalue weighted by atomic mass is 16.5. The minimum atomic E-state index is -0.951. The van der Waals surface area contributed by atoms with Crippen molar-refractivity contribution in [3.05, 3.63) is 53.1 Å². The van der Waals surface area contributed by atoms with Gasteiger partial charge in [0, 0.05) is 0 Å². The Morgan fingerprint density at radius 1 is 1.40 bits per heavy atom. The van der Waals surface area contributed by atoms with Crippen molar-refractivity contribution in [2.24, 2.45) is 0 Å². The molecule has 4 heteroatoms. The summed E-state index contributed by atoms with van der Waals surface area (Å²) in [6.07, 6.45) is 8.20. The Morgan fingerprint density at radius 2 is 2.25 bits per heavy atom. The Balaban J connectivity index is 2.06. The molecule has 0 amide bonds. The second-order valence-electron chi connectivity index (χ2n) is 4.55. The van der Waals surface area contributed by atoms with Crippen LogP contribution in [0.4, 0.5) is 0 Å². The topological polar surface area (TPSA) is 70.3 Å². The van der Waals surface area contributed by atoms with Gasteiger partial charge in [-0.05, 0) is 36.1 Å². The van der Waals surface area contributed by atoms with Crippen LogP contribution in [0.1, 0.15) is 24.0 Å². The normalized spacial score (nSPS) is 13.4. The Kier molecular flexibility index (Phi) is 4.56. The predicted octanol–water partition coefficient (Wildman–Crippen LogP) is 2.84. The lowest BCUT2D eigenvalue weighted by Gasteiger charge is -2.10. The average molecular weight is 269 g/mol. The van der Waals surface area contributed by atoms with E-state index in [4.69, 9.17) is 15.1 Å². The van der Waals surface area contributed by atoms with Crippen molar-refractivity contribution in [1.82, 2.24) is 0 Å². The number of carbonyl (C=O) groups is 1. The smallest absolute Gasteiger partial charge is 0.307 e. The number of nitrogens with zero attached hydrogens (tertiary/aromatic N) is 1. The summed E-state index contributed by atoms with van der Waals surface area (Å²) in [6.45, 7) is 0.458. The maximum Gasteiger partial charge on any atom is 0.307 e. The van der Waals surface area contributed by atoms with Crippen molar-refractivity contribution in [2.45, 2.75) is 19.3 Å². The molecule has 0 atom stereocenters. The first-order chi connectivity index (χ1) is 9.69. The van der Waals surface area contributed by atoms with Crippen LogP contribution in [-0.4, -0.2) is 17.7 Å². The zero-order chi connectivity index (χ0) is 14.4. The molecule has 0 saturated carbocycles. The van der Waals surface area contributed by atoms with Crippen molar-refractivity contribution >= 4 is 5.97 Å². The minimum Gasteiger partial charge on any atom is -0.489 e. The third-order valence-corrected chi connectivity index (χ3v) is 3.02. The van der Waals surface area contributed by atoms with Crippen LogP contribution in [0, 0.1) is 11.3 Å². The van der Waals surface area contributed by atoms with Crippen LogP contribution >= 0.6 is 0 Å². The van der Waals surface area contributed by atoms with Crippen molar-refractivity contribution in [1.29, 1.82) is 5.26 Å². The van der Waals surface area contributed by atoms with Gasteiger partial charge >= 0.3 is 5.97 Å². The molecule has 0 unspecified atom stereocenters. The standard InChI is InChI=1S/C16H15NO3/c17-10-14-8-15(7-6-13(14)9-16(18)19)20-11-12-4-2-1-3-5-12/h2,4-8H,1,3,9,11H2,(H,18,19). The zero-order valence-corrected chi connectivity index (χ0v) is 11.0. The molecule has 1 aliphatic carbocycles. The summed E-state index contributed by atoms with van der Waals surface area (Å²) in [6, 6.07) is 6.93. The van der Waals surface area contributed by atoms with Crippen LogP contribution in [0.5, 0.6) is 5.75 Å². The molecule has 0 bridgehead atoms. The van der Waals surface area contributed by atoms with Gasteiger partial charge in [0.1, 0.15) is 12.4 Å². The van der Waals surface area contributed by atoms with Gasteiger partial charge in [0.25, 0.3) is 0 Å². The lowest BCUT2D eigenvalue weighted by atomic mass is 10.1. The highest BCUT2D eigenvalue weighted by molar-refractivity contribution is 5.71. The first kappa shape index (κ1) is 13.9. The zero-order valence-electron chi connectivity index (χ0n) is 11.0. The maximum atomic E-state index is 10.7. The van der Waals surface area contributed by atoms with Crippen molar-refractivity contribution in [3.63, 3.8) is 0 Å². The number of hydrogen-bond donors (Lipinski definition) is 1. The quantitative estimate of drug-likeness (QED) is 0.892. The molecule has 1 N–H and O–H groups in total. The summed E-state index contributed by atoms with van der Waals surface area (Å²) in [7, 11) is 0. The van der Waals surface area contributed by atoms with Gasteiger partial charge in [0.05, 0.1) is 18.1 Å². The van der Waals surface area contributed by atoms with E-state index in [0.717, 1.165) is 18.4 Å². The monoisotopic (exact) mass is 269 g/mol. The van der Waals surface area contributed by atoms with Gasteiger partial charge in [-0.1, -0.05) is 24.3 Å². The Morgan fingerprint density at radius 3 is 2.90 bits per heavy atom. The first-order valence-electron chi connectivity index (χ1n) is 6.42. The summed E-state index contributed by atoms with van der Waals surface area (Å²) in [5.74, 6) is -0.372. The number of nitriles is 1. The fourth-order valence-corrected chi connectivity index (χ4v) is 2.01. The summed E-state index contributed by atoms with van der Waals surface area (Å²) in [5, 5.41) is 17.8. The molecular weight excluding hydrogens is 254 g/mol. The van der Waals surface area contributed by atoms with Gasteiger partial charge in [0.2, 0.25) is 0 Å². The summed E-state index contributed by atoms with van der Waals surface area (Å²) in [4.78, 5) is 10.7. The molecule has 1 aliphatic rings. The number of allylic oxidation sites excluding steroid dienone is 2. The van der Waals surface area contributed by atoms with Crippen LogP contribution in [0.2, 0.25) is 0 Å². The van der Waals surface area contributed by atoms with Gasteiger partial charge in [0.15, 0.2) is 0 Å². The lowest BCUT2D eigenvalue weighted by Crippen LogP contribution is -2.04. The fraction of sp³-hybridized carbons (Fsp3) is 0.250. The van der Waals surface area contributed by atoms with Gasteiger partial charge in [-0.15, -0.1) is 0 Å². The van der Waals surface area contributed by atoms with Crippen LogP contribution in [0.25, 0.3) is 0 Å². The second kappa shape index (κ2) is 6.58. The number of hydrogen-bond acceptors (Lipinski definition) is 3. The molecule has 1 aromatic carbocycles. The SMILES string of the molecule is N#Cc1cc(OCC2=CCCC=C2)ccc1CC(=O)O. The predicted molar refractivity (Wildman–Crippen MR) is 74.4 cm³/mol. The Bertz CT molecular complexity index is 609. The number of rotatable bonds is 5. The van der Waals surface area contributed by atoms with Crippen LogP contribution in [0.15, 0.2) is 42.0 Å². The van der Waals surface area contributed by atoms with Gasteiger partial charge in [-0.25, -0.2) is 0 Å². The van der Waals surface area contributed by atoms with Crippen LogP contribution in [0.3, 0.4) is 0 Å².